The van der Waals surface area contributed by atoms with Crippen LogP contribution in [-0.4, -0.2) is 11.5 Å². The summed E-state index contributed by atoms with van der Waals surface area (Å²) in [7, 11) is 0. The zero-order chi connectivity index (χ0) is 19.4. The lowest BCUT2D eigenvalue weighted by Gasteiger charge is -2.31. The Hall–Kier alpha value is -3.92. The molecule has 0 aliphatic carbocycles. The summed E-state index contributed by atoms with van der Waals surface area (Å²) in [6.07, 6.45) is 0. The van der Waals surface area contributed by atoms with Crippen LogP contribution in [0.1, 0.15) is 0 Å². The van der Waals surface area contributed by atoms with Crippen LogP contribution < -0.4 is 10.3 Å². The third kappa shape index (κ3) is 1.55. The molecule has 0 fully saturated rings. The Morgan fingerprint density at radius 2 is 1.43 bits per heavy atom. The summed E-state index contributed by atoms with van der Waals surface area (Å²) in [6, 6.07) is 32.5. The lowest BCUT2D eigenvalue weighted by molar-refractivity contribution is 0.625. The van der Waals surface area contributed by atoms with E-state index < -0.39 is 0 Å². The van der Waals surface area contributed by atoms with Crippen LogP contribution in [-0.2, 0) is 0 Å². The smallest absolute Gasteiger partial charge is 0.423 e. The molecule has 30 heavy (non-hydrogen) atoms. The quantitative estimate of drug-likeness (QED) is 0.304. The highest BCUT2D eigenvalue weighted by Crippen LogP contribution is 2.51. The average Bonchev–Trinajstić information content (AvgIpc) is 3.46. The van der Waals surface area contributed by atoms with Crippen molar-refractivity contribution in [3.8, 4) is 11.1 Å². The fourth-order valence-corrected chi connectivity index (χ4v) is 5.64. The second-order valence-corrected chi connectivity index (χ2v) is 8.17. The number of hydrogen-bond acceptors (Lipinski definition) is 2. The van der Waals surface area contributed by atoms with Gasteiger partial charge in [0.05, 0.1) is 16.8 Å². The van der Waals surface area contributed by atoms with E-state index in [0.29, 0.717) is 0 Å². The maximum Gasteiger partial charge on any atom is 0.423 e. The first-order valence-electron chi connectivity index (χ1n) is 10.3. The van der Waals surface area contributed by atoms with Gasteiger partial charge in [-0.05, 0) is 29.2 Å². The van der Waals surface area contributed by atoms with E-state index in [2.05, 4.69) is 94.2 Å². The van der Waals surface area contributed by atoms with Gasteiger partial charge in [0, 0.05) is 21.7 Å². The van der Waals surface area contributed by atoms with Crippen LogP contribution in [0.25, 0.3) is 43.9 Å². The summed E-state index contributed by atoms with van der Waals surface area (Å²) in [5.74, 6) is 0.945. The van der Waals surface area contributed by atoms with Gasteiger partial charge in [0.15, 0.2) is 5.88 Å². The fraction of sp³-hybridized carbons (Fsp3) is 0. The van der Waals surface area contributed by atoms with Crippen LogP contribution in [0, 0.1) is 0 Å². The normalized spacial score (nSPS) is 13.9. The number of hydrogen-bond donors (Lipinski definition) is 0. The van der Waals surface area contributed by atoms with Gasteiger partial charge in [-0.3, -0.25) is 0 Å². The van der Waals surface area contributed by atoms with Crippen molar-refractivity contribution in [3.63, 3.8) is 0 Å². The highest BCUT2D eigenvalue weighted by atomic mass is 16.4. The second-order valence-electron chi connectivity index (χ2n) is 8.17. The number of benzene rings is 4. The molecule has 0 amide bonds. The maximum absolute atomic E-state index is 6.52. The van der Waals surface area contributed by atoms with Crippen LogP contribution in [0.3, 0.4) is 0 Å². The van der Waals surface area contributed by atoms with E-state index in [0.717, 1.165) is 11.5 Å². The monoisotopic (exact) mass is 382 g/mol. The predicted molar refractivity (Wildman–Crippen MR) is 124 cm³/mol. The van der Waals surface area contributed by atoms with Crippen LogP contribution in [0.15, 0.2) is 95.4 Å². The Balaban J connectivity index is 1.60. The van der Waals surface area contributed by atoms with Crippen molar-refractivity contribution in [2.75, 3.05) is 4.81 Å². The molecule has 0 radical (unpaired) electrons. The van der Waals surface area contributed by atoms with Crippen molar-refractivity contribution in [2.45, 2.75) is 0 Å². The summed E-state index contributed by atoms with van der Waals surface area (Å²) in [6.45, 7) is 0.0501. The van der Waals surface area contributed by atoms with Gasteiger partial charge in [-0.25, -0.2) is 0 Å². The standard InChI is InChI=1S/C26H15BN2O/c1-4-12-20-18(9-1)24-19-10-3-6-15-23(19)30-26(24)29-22-14-7-11-17-16-8-2-5-13-21(16)28(25(17)22)27(20)29/h1-15H. The maximum atomic E-state index is 6.52. The highest BCUT2D eigenvalue weighted by Gasteiger charge is 2.47. The van der Waals surface area contributed by atoms with Crippen molar-refractivity contribution in [2.24, 2.45) is 0 Å². The summed E-state index contributed by atoms with van der Waals surface area (Å²) in [4.78, 5) is 2.40. The van der Waals surface area contributed by atoms with Crippen molar-refractivity contribution >= 4 is 56.8 Å². The van der Waals surface area contributed by atoms with Crippen molar-refractivity contribution in [3.05, 3.63) is 91.0 Å². The first-order chi connectivity index (χ1) is 14.9. The minimum absolute atomic E-state index is 0.0501. The number of para-hydroxylation sites is 3. The second kappa shape index (κ2) is 4.97. The summed E-state index contributed by atoms with van der Waals surface area (Å²) in [5, 5.41) is 3.78. The number of anilines is 2. The van der Waals surface area contributed by atoms with Gasteiger partial charge < -0.3 is 13.7 Å². The fourth-order valence-electron chi connectivity index (χ4n) is 5.64. The largest absolute Gasteiger partial charge is 0.441 e. The third-order valence-corrected chi connectivity index (χ3v) is 6.76. The molecule has 0 atom stereocenters. The Kier molecular flexibility index (Phi) is 2.49. The molecule has 4 heteroatoms. The van der Waals surface area contributed by atoms with E-state index in [4.69, 9.17) is 4.42 Å². The molecule has 138 valence electrons. The summed E-state index contributed by atoms with van der Waals surface area (Å²) in [5.41, 5.74) is 8.47. The van der Waals surface area contributed by atoms with E-state index >= 15 is 0 Å². The van der Waals surface area contributed by atoms with E-state index in [-0.39, 0.29) is 6.98 Å². The first kappa shape index (κ1) is 15.0. The van der Waals surface area contributed by atoms with Gasteiger partial charge in [0.25, 0.3) is 0 Å². The number of fused-ring (bicyclic) bond motifs is 13. The molecule has 6 aromatic rings. The van der Waals surface area contributed by atoms with Gasteiger partial charge in [0.2, 0.25) is 0 Å². The molecule has 0 spiro atoms. The molecular formula is C26H15BN2O. The van der Waals surface area contributed by atoms with Crippen LogP contribution >= 0.6 is 0 Å². The lowest BCUT2D eigenvalue weighted by atomic mass is 9.61. The van der Waals surface area contributed by atoms with E-state index in [1.807, 2.05) is 6.07 Å². The Bertz CT molecular complexity index is 1680. The summed E-state index contributed by atoms with van der Waals surface area (Å²) < 4.78 is 9.01. The molecule has 4 aromatic carbocycles. The minimum Gasteiger partial charge on any atom is -0.441 e. The zero-order valence-electron chi connectivity index (χ0n) is 16.0. The van der Waals surface area contributed by atoms with Crippen LogP contribution in [0.4, 0.5) is 11.6 Å². The molecule has 0 unspecified atom stereocenters. The topological polar surface area (TPSA) is 21.3 Å². The molecule has 2 aliphatic rings. The van der Waals surface area contributed by atoms with Gasteiger partial charge in [-0.15, -0.1) is 0 Å². The van der Waals surface area contributed by atoms with Gasteiger partial charge in [-0.2, -0.15) is 0 Å². The third-order valence-electron chi connectivity index (χ3n) is 6.76. The molecule has 0 N–H and O–H groups in total. The zero-order valence-corrected chi connectivity index (χ0v) is 16.0. The highest BCUT2D eigenvalue weighted by molar-refractivity contribution is 6.82. The molecule has 2 aromatic heterocycles. The van der Waals surface area contributed by atoms with Crippen LogP contribution in [0.2, 0.25) is 0 Å². The number of rotatable bonds is 0. The average molecular weight is 382 g/mol. The van der Waals surface area contributed by atoms with Crippen molar-refractivity contribution in [1.82, 2.24) is 4.48 Å². The molecule has 4 heterocycles. The molecule has 8 rings (SSSR count). The molecule has 0 saturated carbocycles. The van der Waals surface area contributed by atoms with Crippen molar-refractivity contribution < 1.29 is 4.42 Å². The lowest BCUT2D eigenvalue weighted by Crippen LogP contribution is -2.51. The van der Waals surface area contributed by atoms with Gasteiger partial charge in [-0.1, -0.05) is 72.8 Å². The predicted octanol–water partition coefficient (Wildman–Crippen LogP) is 5.92. The minimum atomic E-state index is 0.0501. The molecule has 0 saturated heterocycles. The van der Waals surface area contributed by atoms with E-state index in [1.54, 1.807) is 0 Å². The SMILES string of the molecule is c1ccc2c(c1)B1N(c3oc4ccccc4c3-2)c2cccc3c4ccccc4n1c23. The van der Waals surface area contributed by atoms with E-state index in [9.17, 15) is 0 Å². The Labute approximate surface area is 172 Å². The Morgan fingerprint density at radius 1 is 0.667 bits per heavy atom. The molecular weight excluding hydrogens is 367 g/mol. The van der Waals surface area contributed by atoms with Gasteiger partial charge in [0.1, 0.15) is 5.58 Å². The summed E-state index contributed by atoms with van der Waals surface area (Å²) >= 11 is 0. The van der Waals surface area contributed by atoms with Crippen LogP contribution in [0.5, 0.6) is 0 Å². The Morgan fingerprint density at radius 3 is 2.40 bits per heavy atom. The first-order valence-corrected chi connectivity index (χ1v) is 10.3. The number of furan rings is 1. The van der Waals surface area contributed by atoms with E-state index in [1.165, 1.54) is 49.5 Å². The number of nitrogens with zero attached hydrogens (tertiary/aromatic N) is 2. The van der Waals surface area contributed by atoms with Gasteiger partial charge >= 0.3 is 6.98 Å². The molecule has 3 nitrogen and oxygen atoms in total. The molecule has 0 bridgehead atoms. The molecule has 2 aliphatic heterocycles. The van der Waals surface area contributed by atoms with Crippen molar-refractivity contribution in [1.29, 1.82) is 0 Å². The number of aromatic nitrogens is 1.